The van der Waals surface area contributed by atoms with E-state index in [1.54, 1.807) is 0 Å². The van der Waals surface area contributed by atoms with E-state index in [9.17, 15) is 0 Å². The van der Waals surface area contributed by atoms with Gasteiger partial charge in [0.15, 0.2) is 0 Å². The van der Waals surface area contributed by atoms with Crippen LogP contribution < -0.4 is 15.1 Å². The van der Waals surface area contributed by atoms with Crippen LogP contribution in [0.25, 0.3) is 0 Å². The van der Waals surface area contributed by atoms with Crippen LogP contribution in [0.5, 0.6) is 0 Å². The lowest BCUT2D eigenvalue weighted by molar-refractivity contribution is 0.733. The van der Waals surface area contributed by atoms with E-state index in [4.69, 9.17) is 0 Å². The molecule has 2 aromatic rings. The molecule has 0 saturated carbocycles. The normalized spacial score (nSPS) is 10.4. The average Bonchev–Trinajstić information content (AvgIpc) is 2.55. The molecule has 0 bridgehead atoms. The summed E-state index contributed by atoms with van der Waals surface area (Å²) in [6.45, 7) is 6.41. The van der Waals surface area contributed by atoms with Crippen molar-refractivity contribution in [2.24, 2.45) is 0 Å². The molecule has 0 aliphatic heterocycles. The molecule has 1 aromatic heterocycles. The zero-order valence-corrected chi connectivity index (χ0v) is 14.6. The molecular formula is C18H27N5. The van der Waals surface area contributed by atoms with Gasteiger partial charge in [-0.05, 0) is 43.2 Å². The van der Waals surface area contributed by atoms with Crippen LogP contribution >= 0.6 is 0 Å². The third kappa shape index (κ3) is 4.84. The molecule has 1 aromatic carbocycles. The number of benzene rings is 1. The van der Waals surface area contributed by atoms with Gasteiger partial charge in [-0.3, -0.25) is 0 Å². The van der Waals surface area contributed by atoms with Crippen molar-refractivity contribution in [3.8, 4) is 0 Å². The predicted octanol–water partition coefficient (Wildman–Crippen LogP) is 3.91. The van der Waals surface area contributed by atoms with Crippen LogP contribution in [0.2, 0.25) is 0 Å². The Morgan fingerprint density at radius 1 is 0.957 bits per heavy atom. The monoisotopic (exact) mass is 313 g/mol. The molecule has 5 heteroatoms. The van der Waals surface area contributed by atoms with Crippen LogP contribution in [0.1, 0.15) is 26.7 Å². The first-order chi connectivity index (χ1) is 11.1. The lowest BCUT2D eigenvalue weighted by Crippen LogP contribution is -2.26. The van der Waals surface area contributed by atoms with Crippen molar-refractivity contribution >= 4 is 23.1 Å². The summed E-state index contributed by atoms with van der Waals surface area (Å²) in [5.41, 5.74) is 2.16. The van der Waals surface area contributed by atoms with E-state index in [0.717, 1.165) is 37.4 Å². The number of nitrogens with zero attached hydrogens (tertiary/aromatic N) is 4. The largest absolute Gasteiger partial charge is 0.378 e. The molecule has 23 heavy (non-hydrogen) atoms. The summed E-state index contributed by atoms with van der Waals surface area (Å²) in [5.74, 6) is 1.62. The molecular weight excluding hydrogens is 286 g/mol. The van der Waals surface area contributed by atoms with E-state index in [1.807, 2.05) is 38.5 Å². The first-order valence-corrected chi connectivity index (χ1v) is 8.26. The van der Waals surface area contributed by atoms with Gasteiger partial charge in [0.2, 0.25) is 5.95 Å². The molecule has 0 atom stereocenters. The van der Waals surface area contributed by atoms with E-state index in [2.05, 4.69) is 51.1 Å². The molecule has 0 spiro atoms. The van der Waals surface area contributed by atoms with Crippen LogP contribution in [0, 0.1) is 0 Å². The van der Waals surface area contributed by atoms with E-state index >= 15 is 0 Å². The van der Waals surface area contributed by atoms with E-state index in [0.29, 0.717) is 5.95 Å². The summed E-state index contributed by atoms with van der Waals surface area (Å²) in [7, 11) is 4.07. The summed E-state index contributed by atoms with van der Waals surface area (Å²) in [4.78, 5) is 13.4. The maximum Gasteiger partial charge on any atom is 0.229 e. The SMILES string of the molecule is CCCN(CCC)c1ccnc(Nc2ccc(N(C)C)cc2)n1. The Morgan fingerprint density at radius 3 is 2.17 bits per heavy atom. The molecule has 0 unspecified atom stereocenters. The van der Waals surface area contributed by atoms with Crippen molar-refractivity contribution in [3.63, 3.8) is 0 Å². The molecule has 124 valence electrons. The lowest BCUT2D eigenvalue weighted by Gasteiger charge is -2.22. The second-order valence-corrected chi connectivity index (χ2v) is 5.79. The van der Waals surface area contributed by atoms with Gasteiger partial charge in [0.25, 0.3) is 0 Å². The molecule has 0 amide bonds. The maximum absolute atomic E-state index is 4.66. The number of nitrogens with one attached hydrogen (secondary N) is 1. The van der Waals surface area contributed by atoms with Crippen molar-refractivity contribution in [3.05, 3.63) is 36.5 Å². The highest BCUT2D eigenvalue weighted by atomic mass is 15.2. The summed E-state index contributed by atoms with van der Waals surface area (Å²) in [5, 5.41) is 3.28. The molecule has 0 saturated heterocycles. The minimum absolute atomic E-state index is 0.636. The van der Waals surface area contributed by atoms with Crippen LogP contribution in [0.3, 0.4) is 0 Å². The van der Waals surface area contributed by atoms with Gasteiger partial charge in [0.1, 0.15) is 5.82 Å². The van der Waals surface area contributed by atoms with Gasteiger partial charge in [0, 0.05) is 44.8 Å². The summed E-state index contributed by atoms with van der Waals surface area (Å²) in [6, 6.07) is 10.2. The molecule has 1 heterocycles. The highest BCUT2D eigenvalue weighted by Gasteiger charge is 2.07. The van der Waals surface area contributed by atoms with Gasteiger partial charge in [0.05, 0.1) is 0 Å². The van der Waals surface area contributed by atoms with Gasteiger partial charge in [-0.1, -0.05) is 13.8 Å². The van der Waals surface area contributed by atoms with E-state index in [1.165, 1.54) is 5.69 Å². The first-order valence-electron chi connectivity index (χ1n) is 8.26. The third-order valence-electron chi connectivity index (χ3n) is 3.59. The molecule has 0 aliphatic carbocycles. The maximum atomic E-state index is 4.66. The van der Waals surface area contributed by atoms with Gasteiger partial charge in [-0.25, -0.2) is 4.98 Å². The lowest BCUT2D eigenvalue weighted by atomic mass is 10.2. The smallest absolute Gasteiger partial charge is 0.229 e. The fourth-order valence-corrected chi connectivity index (χ4v) is 2.44. The fraction of sp³-hybridized carbons (Fsp3) is 0.444. The summed E-state index contributed by atoms with van der Waals surface area (Å²) < 4.78 is 0. The first kappa shape index (κ1) is 17.1. The van der Waals surface area contributed by atoms with E-state index < -0.39 is 0 Å². The molecule has 0 aliphatic rings. The standard InChI is InChI=1S/C18H27N5/c1-5-13-23(14-6-2)17-11-12-19-18(21-17)20-15-7-9-16(10-8-15)22(3)4/h7-12H,5-6,13-14H2,1-4H3,(H,19,20,21). The van der Waals surface area contributed by atoms with Crippen molar-refractivity contribution in [1.82, 2.24) is 9.97 Å². The van der Waals surface area contributed by atoms with E-state index in [-0.39, 0.29) is 0 Å². The van der Waals surface area contributed by atoms with Gasteiger partial charge >= 0.3 is 0 Å². The molecule has 5 nitrogen and oxygen atoms in total. The van der Waals surface area contributed by atoms with Gasteiger partial charge in [-0.2, -0.15) is 4.98 Å². The minimum Gasteiger partial charge on any atom is -0.378 e. The Balaban J connectivity index is 2.12. The molecule has 0 radical (unpaired) electrons. The van der Waals surface area contributed by atoms with Crippen molar-refractivity contribution < 1.29 is 0 Å². The number of hydrogen-bond acceptors (Lipinski definition) is 5. The Kier molecular flexibility index (Phi) is 6.20. The second kappa shape index (κ2) is 8.36. The molecule has 2 rings (SSSR count). The quantitative estimate of drug-likeness (QED) is 0.800. The Bertz CT molecular complexity index is 589. The van der Waals surface area contributed by atoms with Crippen LogP contribution in [0.4, 0.5) is 23.1 Å². The van der Waals surface area contributed by atoms with Crippen molar-refractivity contribution in [2.45, 2.75) is 26.7 Å². The topological polar surface area (TPSA) is 44.3 Å². The van der Waals surface area contributed by atoms with Crippen molar-refractivity contribution in [1.29, 1.82) is 0 Å². The van der Waals surface area contributed by atoms with Crippen LogP contribution in [-0.4, -0.2) is 37.2 Å². The van der Waals surface area contributed by atoms with Crippen LogP contribution in [-0.2, 0) is 0 Å². The van der Waals surface area contributed by atoms with Gasteiger partial charge in [-0.15, -0.1) is 0 Å². The highest BCUT2D eigenvalue weighted by molar-refractivity contribution is 5.59. The Hall–Kier alpha value is -2.30. The third-order valence-corrected chi connectivity index (χ3v) is 3.59. The van der Waals surface area contributed by atoms with Gasteiger partial charge < -0.3 is 15.1 Å². The number of hydrogen-bond donors (Lipinski definition) is 1. The predicted molar refractivity (Wildman–Crippen MR) is 98.9 cm³/mol. The number of aromatic nitrogens is 2. The molecule has 1 N–H and O–H groups in total. The summed E-state index contributed by atoms with van der Waals surface area (Å²) >= 11 is 0. The molecule has 0 fully saturated rings. The average molecular weight is 313 g/mol. The highest BCUT2D eigenvalue weighted by Crippen LogP contribution is 2.20. The number of anilines is 4. The minimum atomic E-state index is 0.636. The number of rotatable bonds is 8. The van der Waals surface area contributed by atoms with Crippen LogP contribution in [0.15, 0.2) is 36.5 Å². The second-order valence-electron chi connectivity index (χ2n) is 5.79. The Morgan fingerprint density at radius 2 is 1.61 bits per heavy atom. The zero-order valence-electron chi connectivity index (χ0n) is 14.6. The Labute approximate surface area is 139 Å². The summed E-state index contributed by atoms with van der Waals surface area (Å²) in [6.07, 6.45) is 4.04. The van der Waals surface area contributed by atoms with Crippen molar-refractivity contribution in [2.75, 3.05) is 42.3 Å². The fourth-order valence-electron chi connectivity index (χ4n) is 2.44. The zero-order chi connectivity index (χ0) is 16.7.